The van der Waals surface area contributed by atoms with E-state index in [2.05, 4.69) is 38.2 Å². The Balaban J connectivity index is 1.50. The van der Waals surface area contributed by atoms with Crippen LogP contribution in [0.25, 0.3) is 5.52 Å². The second kappa shape index (κ2) is 5.53. The molecule has 1 atom stereocenters. The van der Waals surface area contributed by atoms with E-state index in [4.69, 9.17) is 0 Å². The highest BCUT2D eigenvalue weighted by atomic mass is 15.3. The molecular weight excluding hydrogens is 276 g/mol. The molecular formula is C16H20N6. The predicted molar refractivity (Wildman–Crippen MR) is 83.4 cm³/mol. The lowest BCUT2D eigenvalue weighted by atomic mass is 10.1. The van der Waals surface area contributed by atoms with Gasteiger partial charge in [0.05, 0.1) is 17.8 Å². The molecule has 3 aromatic heterocycles. The van der Waals surface area contributed by atoms with Crippen molar-refractivity contribution in [2.24, 2.45) is 0 Å². The number of aromatic nitrogens is 5. The van der Waals surface area contributed by atoms with Crippen molar-refractivity contribution >= 4 is 5.52 Å². The molecule has 0 unspecified atom stereocenters. The third-order valence-electron chi connectivity index (χ3n) is 4.38. The van der Waals surface area contributed by atoms with Crippen LogP contribution in [-0.4, -0.2) is 24.4 Å². The van der Waals surface area contributed by atoms with Crippen LogP contribution in [0.4, 0.5) is 0 Å². The van der Waals surface area contributed by atoms with E-state index in [9.17, 15) is 0 Å². The molecule has 114 valence electrons. The van der Waals surface area contributed by atoms with Gasteiger partial charge in [0.15, 0.2) is 0 Å². The van der Waals surface area contributed by atoms with Crippen molar-refractivity contribution in [2.75, 3.05) is 0 Å². The van der Waals surface area contributed by atoms with Crippen LogP contribution < -0.4 is 5.32 Å². The summed E-state index contributed by atoms with van der Waals surface area (Å²) < 4.78 is 4.18. The number of hydrogen-bond acceptors (Lipinski definition) is 4. The minimum Gasteiger partial charge on any atom is -0.314 e. The molecule has 0 spiro atoms. The fourth-order valence-electron chi connectivity index (χ4n) is 3.13. The van der Waals surface area contributed by atoms with Crippen molar-refractivity contribution in [1.29, 1.82) is 0 Å². The Morgan fingerprint density at radius 2 is 2.23 bits per heavy atom. The Morgan fingerprint density at radius 3 is 3.18 bits per heavy atom. The summed E-state index contributed by atoms with van der Waals surface area (Å²) in [5.41, 5.74) is 2.34. The SMILES string of the molecule is C[C@H](NCc1cnn2ccccc12)c1nnc2n1CCCC2. The van der Waals surface area contributed by atoms with Gasteiger partial charge in [-0.25, -0.2) is 4.52 Å². The quantitative estimate of drug-likeness (QED) is 0.801. The Labute approximate surface area is 129 Å². The van der Waals surface area contributed by atoms with Crippen LogP contribution in [0.1, 0.15) is 43.0 Å². The zero-order valence-corrected chi connectivity index (χ0v) is 12.7. The van der Waals surface area contributed by atoms with Crippen molar-refractivity contribution in [1.82, 2.24) is 29.7 Å². The molecule has 0 aromatic carbocycles. The van der Waals surface area contributed by atoms with E-state index in [1.54, 1.807) is 0 Å². The molecule has 1 aliphatic heterocycles. The Kier molecular flexibility index (Phi) is 3.38. The summed E-state index contributed by atoms with van der Waals surface area (Å²) in [4.78, 5) is 0. The molecule has 3 aromatic rings. The molecule has 0 aliphatic carbocycles. The van der Waals surface area contributed by atoms with Gasteiger partial charge < -0.3 is 9.88 Å². The van der Waals surface area contributed by atoms with Crippen molar-refractivity contribution in [2.45, 2.75) is 45.3 Å². The van der Waals surface area contributed by atoms with Gasteiger partial charge in [-0.15, -0.1) is 10.2 Å². The zero-order chi connectivity index (χ0) is 14.9. The first-order valence-electron chi connectivity index (χ1n) is 7.89. The van der Waals surface area contributed by atoms with Crippen LogP contribution in [0.3, 0.4) is 0 Å². The van der Waals surface area contributed by atoms with Crippen LogP contribution in [0.5, 0.6) is 0 Å². The highest BCUT2D eigenvalue weighted by Crippen LogP contribution is 2.19. The molecule has 22 heavy (non-hydrogen) atoms. The standard InChI is InChI=1S/C16H20N6/c1-12(16-20-19-15-7-3-4-8-21(15)16)17-10-13-11-18-22-9-5-2-6-14(13)22/h2,5-6,9,11-12,17H,3-4,7-8,10H2,1H3/t12-/m0/s1. The third-order valence-corrected chi connectivity index (χ3v) is 4.38. The van der Waals surface area contributed by atoms with E-state index >= 15 is 0 Å². The summed E-state index contributed by atoms with van der Waals surface area (Å²) in [6, 6.07) is 6.30. The van der Waals surface area contributed by atoms with Crippen molar-refractivity contribution < 1.29 is 0 Å². The zero-order valence-electron chi connectivity index (χ0n) is 12.7. The van der Waals surface area contributed by atoms with Crippen LogP contribution in [0.15, 0.2) is 30.6 Å². The fourth-order valence-corrected chi connectivity index (χ4v) is 3.13. The number of rotatable bonds is 4. The highest BCUT2D eigenvalue weighted by Gasteiger charge is 2.19. The molecule has 0 fully saturated rings. The number of nitrogens with zero attached hydrogens (tertiary/aromatic N) is 5. The maximum atomic E-state index is 4.39. The minimum absolute atomic E-state index is 0.179. The second-order valence-electron chi connectivity index (χ2n) is 5.89. The maximum absolute atomic E-state index is 4.39. The Bertz CT molecular complexity index is 787. The number of nitrogens with one attached hydrogen (secondary N) is 1. The van der Waals surface area contributed by atoms with Crippen LogP contribution in [0.2, 0.25) is 0 Å². The summed E-state index contributed by atoms with van der Waals surface area (Å²) in [6.45, 7) is 3.97. The van der Waals surface area contributed by atoms with Gasteiger partial charge in [-0.05, 0) is 31.9 Å². The van der Waals surface area contributed by atoms with E-state index in [0.29, 0.717) is 0 Å². The van der Waals surface area contributed by atoms with Crippen LogP contribution in [-0.2, 0) is 19.5 Å². The van der Waals surface area contributed by atoms with Crippen molar-refractivity contribution in [3.05, 3.63) is 47.8 Å². The van der Waals surface area contributed by atoms with E-state index in [1.807, 2.05) is 29.0 Å². The second-order valence-corrected chi connectivity index (χ2v) is 5.89. The monoisotopic (exact) mass is 296 g/mol. The molecule has 4 heterocycles. The first-order chi connectivity index (χ1) is 10.8. The molecule has 0 amide bonds. The molecule has 1 aliphatic rings. The summed E-state index contributed by atoms with van der Waals surface area (Å²) in [5.74, 6) is 2.18. The van der Waals surface area contributed by atoms with E-state index < -0.39 is 0 Å². The van der Waals surface area contributed by atoms with Gasteiger partial charge in [0.2, 0.25) is 0 Å². The summed E-state index contributed by atoms with van der Waals surface area (Å²) in [6.07, 6.45) is 7.39. The largest absolute Gasteiger partial charge is 0.314 e. The Hall–Kier alpha value is -2.21. The fraction of sp³-hybridized carbons (Fsp3) is 0.438. The summed E-state index contributed by atoms with van der Waals surface area (Å²) in [7, 11) is 0. The molecule has 0 bridgehead atoms. The Morgan fingerprint density at radius 1 is 1.27 bits per heavy atom. The van der Waals surface area contributed by atoms with Crippen LogP contribution in [0, 0.1) is 0 Å². The van der Waals surface area contributed by atoms with E-state index in [0.717, 1.165) is 36.7 Å². The molecule has 6 nitrogen and oxygen atoms in total. The molecule has 6 heteroatoms. The smallest absolute Gasteiger partial charge is 0.149 e. The molecule has 4 rings (SSSR count). The molecule has 0 saturated heterocycles. The molecule has 1 N–H and O–H groups in total. The number of fused-ring (bicyclic) bond motifs is 2. The van der Waals surface area contributed by atoms with Gasteiger partial charge in [-0.1, -0.05) is 6.07 Å². The lowest BCUT2D eigenvalue weighted by Gasteiger charge is -2.18. The lowest BCUT2D eigenvalue weighted by molar-refractivity contribution is 0.465. The molecule has 0 radical (unpaired) electrons. The molecule has 0 saturated carbocycles. The van der Waals surface area contributed by atoms with E-state index in [1.165, 1.54) is 18.4 Å². The van der Waals surface area contributed by atoms with Gasteiger partial charge in [-0.3, -0.25) is 0 Å². The van der Waals surface area contributed by atoms with Gasteiger partial charge >= 0.3 is 0 Å². The first-order valence-corrected chi connectivity index (χ1v) is 7.89. The highest BCUT2D eigenvalue weighted by molar-refractivity contribution is 5.53. The summed E-state index contributed by atoms with van der Waals surface area (Å²) in [5, 5.41) is 16.6. The van der Waals surface area contributed by atoms with Crippen molar-refractivity contribution in [3.63, 3.8) is 0 Å². The van der Waals surface area contributed by atoms with Gasteiger partial charge in [0.25, 0.3) is 0 Å². The van der Waals surface area contributed by atoms with Crippen molar-refractivity contribution in [3.8, 4) is 0 Å². The average molecular weight is 296 g/mol. The topological polar surface area (TPSA) is 60.0 Å². The first kappa shape index (κ1) is 13.5. The lowest BCUT2D eigenvalue weighted by Crippen LogP contribution is -2.23. The van der Waals surface area contributed by atoms with E-state index in [-0.39, 0.29) is 6.04 Å². The third kappa shape index (κ3) is 2.29. The average Bonchev–Trinajstić information content (AvgIpc) is 3.17. The normalized spacial score (nSPS) is 15.9. The number of hydrogen-bond donors (Lipinski definition) is 1. The van der Waals surface area contributed by atoms with Gasteiger partial charge in [0, 0.05) is 31.3 Å². The van der Waals surface area contributed by atoms with Gasteiger partial charge in [0.1, 0.15) is 11.6 Å². The minimum atomic E-state index is 0.179. The van der Waals surface area contributed by atoms with Crippen LogP contribution >= 0.6 is 0 Å². The predicted octanol–water partition coefficient (Wildman–Crippen LogP) is 2.11. The number of aryl methyl sites for hydroxylation is 1. The summed E-state index contributed by atoms with van der Waals surface area (Å²) >= 11 is 0. The maximum Gasteiger partial charge on any atom is 0.149 e. The number of pyridine rings is 1. The van der Waals surface area contributed by atoms with Gasteiger partial charge in [-0.2, -0.15) is 5.10 Å².